The van der Waals surface area contributed by atoms with Gasteiger partial charge in [-0.25, -0.2) is 4.79 Å². The molecule has 1 heterocycles. The third-order valence-corrected chi connectivity index (χ3v) is 4.64. The van der Waals surface area contributed by atoms with Crippen molar-refractivity contribution in [3.63, 3.8) is 0 Å². The Labute approximate surface area is 138 Å². The predicted molar refractivity (Wildman–Crippen MR) is 87.5 cm³/mol. The van der Waals surface area contributed by atoms with E-state index in [0.29, 0.717) is 11.3 Å². The summed E-state index contributed by atoms with van der Waals surface area (Å²) in [6.07, 6.45) is 4.31. The molecule has 0 saturated heterocycles. The van der Waals surface area contributed by atoms with Crippen LogP contribution in [-0.4, -0.2) is 31.8 Å². The van der Waals surface area contributed by atoms with E-state index in [1.807, 2.05) is 23.9 Å². The number of thioether (sulfide) groups is 1. The summed E-state index contributed by atoms with van der Waals surface area (Å²) in [4.78, 5) is 17.7. The molecule has 3 rings (SSSR count). The van der Waals surface area contributed by atoms with E-state index < -0.39 is 5.97 Å². The number of hydrogen-bond acceptors (Lipinski definition) is 5. The summed E-state index contributed by atoms with van der Waals surface area (Å²) in [6.45, 7) is 0.132. The molecule has 23 heavy (non-hydrogen) atoms. The van der Waals surface area contributed by atoms with Crippen molar-refractivity contribution in [3.05, 3.63) is 47.8 Å². The zero-order valence-electron chi connectivity index (χ0n) is 12.7. The molecule has 0 bridgehead atoms. The third-order valence-electron chi connectivity index (χ3n) is 3.29. The Balaban J connectivity index is 1.67. The van der Waals surface area contributed by atoms with Gasteiger partial charge in [0.05, 0.1) is 0 Å². The molecule has 120 valence electrons. The van der Waals surface area contributed by atoms with Crippen molar-refractivity contribution in [2.24, 2.45) is 12.2 Å². The topological polar surface area (TPSA) is 76.7 Å². The van der Waals surface area contributed by atoms with E-state index in [-0.39, 0.29) is 12.3 Å². The maximum Gasteiger partial charge on any atom is 0.358 e. The number of aromatic nitrogens is 2. The maximum absolute atomic E-state index is 11.4. The van der Waals surface area contributed by atoms with Gasteiger partial charge >= 0.3 is 5.97 Å². The summed E-state index contributed by atoms with van der Waals surface area (Å²) in [7, 11) is 1.80. The second-order valence-electron chi connectivity index (χ2n) is 5.34. The van der Waals surface area contributed by atoms with E-state index in [2.05, 4.69) is 10.3 Å². The quantitative estimate of drug-likeness (QED) is 0.623. The average Bonchev–Trinajstić information content (AvgIpc) is 3.24. The number of carbonyl (C=O) groups is 1. The Hall–Kier alpha value is -2.28. The zero-order chi connectivity index (χ0) is 16.2. The van der Waals surface area contributed by atoms with Crippen LogP contribution < -0.4 is 0 Å². The summed E-state index contributed by atoms with van der Waals surface area (Å²) in [5.74, 6) is -1.12. The van der Waals surface area contributed by atoms with Crippen molar-refractivity contribution in [2.45, 2.75) is 29.6 Å². The first-order valence-electron chi connectivity index (χ1n) is 7.30. The van der Waals surface area contributed by atoms with Crippen LogP contribution in [0.4, 0.5) is 0 Å². The SMILES string of the molecule is Cn1ccc(CO/N=C(/C(=O)O)c2ccc(SC3CC3)cc2)n1. The minimum Gasteiger partial charge on any atom is -0.476 e. The molecule has 6 nitrogen and oxygen atoms in total. The first-order chi connectivity index (χ1) is 11.1. The minimum absolute atomic E-state index is 0.107. The second kappa shape index (κ2) is 6.87. The smallest absolute Gasteiger partial charge is 0.358 e. The van der Waals surface area contributed by atoms with Crippen molar-refractivity contribution >= 4 is 23.4 Å². The van der Waals surface area contributed by atoms with E-state index in [9.17, 15) is 9.90 Å². The van der Waals surface area contributed by atoms with Crippen molar-refractivity contribution in [2.75, 3.05) is 0 Å². The highest BCUT2D eigenvalue weighted by atomic mass is 32.2. The molecule has 1 N–H and O–H groups in total. The highest BCUT2D eigenvalue weighted by Gasteiger charge is 2.22. The van der Waals surface area contributed by atoms with Crippen molar-refractivity contribution in [1.29, 1.82) is 0 Å². The summed E-state index contributed by atoms with van der Waals surface area (Å²) in [5.41, 5.74) is 1.11. The Morgan fingerprint density at radius 3 is 2.70 bits per heavy atom. The number of nitrogens with zero attached hydrogens (tertiary/aromatic N) is 3. The van der Waals surface area contributed by atoms with Gasteiger partial charge in [0.1, 0.15) is 5.69 Å². The Morgan fingerprint density at radius 1 is 1.39 bits per heavy atom. The van der Waals surface area contributed by atoms with Gasteiger partial charge in [-0.3, -0.25) is 4.68 Å². The van der Waals surface area contributed by atoms with Gasteiger partial charge in [0.25, 0.3) is 0 Å². The van der Waals surface area contributed by atoms with Crippen LogP contribution in [0.1, 0.15) is 24.1 Å². The molecule has 1 aromatic heterocycles. The third kappa shape index (κ3) is 4.35. The fourth-order valence-corrected chi connectivity index (χ4v) is 3.04. The lowest BCUT2D eigenvalue weighted by Gasteiger charge is -2.04. The highest BCUT2D eigenvalue weighted by molar-refractivity contribution is 8.00. The highest BCUT2D eigenvalue weighted by Crippen LogP contribution is 2.39. The zero-order valence-corrected chi connectivity index (χ0v) is 13.5. The Bertz CT molecular complexity index is 720. The Kier molecular flexibility index (Phi) is 4.66. The lowest BCUT2D eigenvalue weighted by atomic mass is 10.1. The summed E-state index contributed by atoms with van der Waals surface area (Å²) in [6, 6.07) is 9.18. The van der Waals surface area contributed by atoms with Crippen LogP contribution in [-0.2, 0) is 23.3 Å². The molecule has 0 radical (unpaired) electrons. The normalized spacial score (nSPS) is 14.7. The number of aliphatic carboxylic acids is 1. The van der Waals surface area contributed by atoms with Gasteiger partial charge < -0.3 is 9.94 Å². The molecule has 1 aliphatic rings. The van der Waals surface area contributed by atoms with Crippen LogP contribution in [0.2, 0.25) is 0 Å². The molecule has 1 saturated carbocycles. The first kappa shape index (κ1) is 15.6. The number of rotatable bonds is 7. The van der Waals surface area contributed by atoms with E-state index >= 15 is 0 Å². The van der Waals surface area contributed by atoms with E-state index in [0.717, 1.165) is 10.1 Å². The molecule has 1 aromatic carbocycles. The van der Waals surface area contributed by atoms with Gasteiger partial charge in [-0.1, -0.05) is 17.3 Å². The molecule has 0 unspecified atom stereocenters. The van der Waals surface area contributed by atoms with Crippen LogP contribution in [0, 0.1) is 0 Å². The molecule has 0 amide bonds. The summed E-state index contributed by atoms with van der Waals surface area (Å²) < 4.78 is 1.65. The Morgan fingerprint density at radius 2 is 2.13 bits per heavy atom. The lowest BCUT2D eigenvalue weighted by molar-refractivity contribution is -0.129. The molecule has 2 aromatic rings. The van der Waals surface area contributed by atoms with Crippen LogP contribution in [0.5, 0.6) is 0 Å². The van der Waals surface area contributed by atoms with Crippen molar-refractivity contribution in [1.82, 2.24) is 9.78 Å². The van der Waals surface area contributed by atoms with Gasteiger partial charge in [0, 0.05) is 29.0 Å². The maximum atomic E-state index is 11.4. The largest absolute Gasteiger partial charge is 0.476 e. The standard InChI is InChI=1S/C16H17N3O3S/c1-19-9-8-12(17-19)10-22-18-15(16(20)21)11-2-4-13(5-3-11)23-14-6-7-14/h2-5,8-9,14H,6-7,10H2,1H3,(H,20,21)/b18-15+. The average molecular weight is 331 g/mol. The van der Waals surface area contributed by atoms with Crippen molar-refractivity contribution < 1.29 is 14.7 Å². The number of carboxylic acid groups (broad SMARTS) is 1. The molecule has 0 atom stereocenters. The van der Waals surface area contributed by atoms with Crippen molar-refractivity contribution in [3.8, 4) is 0 Å². The first-order valence-corrected chi connectivity index (χ1v) is 8.18. The molecule has 1 fully saturated rings. The molecule has 1 aliphatic carbocycles. The molecule has 0 aliphatic heterocycles. The van der Waals surface area contributed by atoms with E-state index in [4.69, 9.17) is 4.84 Å². The van der Waals surface area contributed by atoms with Crippen LogP contribution >= 0.6 is 11.8 Å². The second-order valence-corrected chi connectivity index (χ2v) is 6.71. The molecule has 0 spiro atoms. The molecular weight excluding hydrogens is 314 g/mol. The van der Waals surface area contributed by atoms with Gasteiger partial charge in [-0.2, -0.15) is 5.10 Å². The predicted octanol–water partition coefficient (Wildman–Crippen LogP) is 2.68. The lowest BCUT2D eigenvalue weighted by Crippen LogP contribution is -2.15. The van der Waals surface area contributed by atoms with Gasteiger partial charge in [0.2, 0.25) is 0 Å². The van der Waals surface area contributed by atoms with E-state index in [1.165, 1.54) is 12.8 Å². The van der Waals surface area contributed by atoms with E-state index in [1.54, 1.807) is 36.1 Å². The fourth-order valence-electron chi connectivity index (χ4n) is 1.99. The minimum atomic E-state index is -1.12. The van der Waals surface area contributed by atoms with Crippen LogP contribution in [0.3, 0.4) is 0 Å². The van der Waals surface area contributed by atoms with Crippen LogP contribution in [0.25, 0.3) is 0 Å². The fraction of sp³-hybridized carbons (Fsp3) is 0.312. The number of carboxylic acids is 1. The summed E-state index contributed by atoms with van der Waals surface area (Å²) >= 11 is 1.83. The van der Waals surface area contributed by atoms with Crippen LogP contribution in [0.15, 0.2) is 46.6 Å². The van der Waals surface area contributed by atoms with Gasteiger partial charge in [0.15, 0.2) is 12.3 Å². The van der Waals surface area contributed by atoms with Gasteiger partial charge in [-0.15, -0.1) is 11.8 Å². The number of hydrogen-bond donors (Lipinski definition) is 1. The molecular formula is C16H17N3O3S. The number of aryl methyl sites for hydroxylation is 1. The summed E-state index contributed by atoms with van der Waals surface area (Å²) in [5, 5.41) is 17.9. The number of benzene rings is 1. The molecule has 7 heteroatoms. The number of oxime groups is 1. The monoisotopic (exact) mass is 331 g/mol. The van der Waals surface area contributed by atoms with Gasteiger partial charge in [-0.05, 0) is 31.0 Å².